The van der Waals surface area contributed by atoms with Gasteiger partial charge in [-0.05, 0) is 135 Å². The molecule has 1 aliphatic heterocycles. The number of hydrogen-bond donors (Lipinski definition) is 1. The summed E-state index contributed by atoms with van der Waals surface area (Å²) in [5.74, 6) is -2.12. The molecule has 0 spiro atoms. The summed E-state index contributed by atoms with van der Waals surface area (Å²) in [6.07, 6.45) is 38.8. The Balaban J connectivity index is 2.85. The number of carbonyl (C=O) groups is 5. The molecule has 1 N–H and O–H groups in total. The third-order valence-electron chi connectivity index (χ3n) is 14.0. The fourth-order valence-electron chi connectivity index (χ4n) is 9.20. The quantitative estimate of drug-likeness (QED) is 0.0201. The zero-order chi connectivity index (χ0) is 56.1. The fraction of sp³-hybridized carbons (Fsp3) is 0.857. The van der Waals surface area contributed by atoms with Crippen LogP contribution in [-0.4, -0.2) is 113 Å². The summed E-state index contributed by atoms with van der Waals surface area (Å²) >= 11 is 0. The average Bonchev–Trinajstić information content (AvgIpc) is 3.95. The number of carbonyl (C=O) groups excluding carboxylic acids is 5. The van der Waals surface area contributed by atoms with Crippen LogP contribution in [0.2, 0.25) is 0 Å². The van der Waals surface area contributed by atoms with Crippen LogP contribution in [0.3, 0.4) is 0 Å². The van der Waals surface area contributed by atoms with E-state index in [-0.39, 0.29) is 51.2 Å². The van der Waals surface area contributed by atoms with Crippen molar-refractivity contribution in [2.24, 2.45) is 5.92 Å². The second-order valence-electron chi connectivity index (χ2n) is 21.3. The first-order chi connectivity index (χ1) is 37.6. The van der Waals surface area contributed by atoms with E-state index in [0.29, 0.717) is 64.7 Å². The van der Waals surface area contributed by atoms with Crippen molar-refractivity contribution >= 4 is 30.0 Å². The first kappa shape index (κ1) is 71.5. The van der Waals surface area contributed by atoms with Crippen molar-refractivity contribution in [1.82, 2.24) is 10.2 Å². The van der Waals surface area contributed by atoms with E-state index in [1.807, 2.05) is 0 Å². The Morgan fingerprint density at radius 3 is 1.40 bits per heavy atom. The second kappa shape index (κ2) is 53.2. The monoisotopic (exact) mass is 1090 g/mol. The number of rotatable bonds is 54. The molecular formula is C63H114N2O12. The van der Waals surface area contributed by atoms with E-state index in [1.54, 1.807) is 0 Å². The number of nitrogens with zero attached hydrogens (tertiary/aromatic N) is 1. The van der Waals surface area contributed by atoms with Gasteiger partial charge in [-0.15, -0.1) is 0 Å². The molecule has 1 rings (SSSR count). The summed E-state index contributed by atoms with van der Waals surface area (Å²) in [6.45, 7) is 14.9. The minimum Gasteiger partial charge on any atom is -0.465 e. The number of ether oxygens (including phenoxy) is 7. The summed E-state index contributed by atoms with van der Waals surface area (Å²) in [6, 6.07) is 0. The molecule has 0 aromatic heterocycles. The number of alkyl carbamates (subject to hydrolysis) is 1. The number of hydrogen-bond acceptors (Lipinski definition) is 13. The van der Waals surface area contributed by atoms with Crippen molar-refractivity contribution in [3.8, 4) is 0 Å². The molecule has 1 fully saturated rings. The Kier molecular flexibility index (Phi) is 49.4. The molecule has 0 aromatic rings. The first-order valence-electron chi connectivity index (χ1n) is 31.5. The lowest BCUT2D eigenvalue weighted by atomic mass is 10.0. The van der Waals surface area contributed by atoms with Gasteiger partial charge in [0.25, 0.3) is 0 Å². The van der Waals surface area contributed by atoms with Gasteiger partial charge in [-0.25, -0.2) is 4.79 Å². The molecule has 0 radical (unpaired) electrons. The van der Waals surface area contributed by atoms with E-state index in [1.165, 1.54) is 64.2 Å². The molecule has 77 heavy (non-hydrogen) atoms. The standard InChI is InChI=1S/C63H114N2O12/c1-6-11-16-21-25-35-50-71-62(72-51-36-26-22-17-12-7-2)45-44-60(68)75-54-55(53-74-59(67)43-42-57(39-28-20-15-10-5)77-63(70)64-46-49-65-47-33-34-48-65)52-73-58(66)40-31-27-32-41-61(69)76-56(37-29-23-18-13-8-3)38-30-24-19-14-9-4/h11-12,16-17,55-57,62H,6-10,13-15,18-54H2,1-5H3,(H,64,70)/b16-11-,17-12-. The molecule has 0 bridgehead atoms. The van der Waals surface area contributed by atoms with Gasteiger partial charge in [0.15, 0.2) is 6.29 Å². The minimum absolute atomic E-state index is 0.0262. The summed E-state index contributed by atoms with van der Waals surface area (Å²) in [7, 11) is 0. The molecular weight excluding hydrogens is 977 g/mol. The van der Waals surface area contributed by atoms with Crippen LogP contribution in [0.5, 0.6) is 0 Å². The Hall–Kier alpha value is -3.49. The van der Waals surface area contributed by atoms with Crippen LogP contribution in [0.4, 0.5) is 4.79 Å². The molecule has 0 saturated carbocycles. The van der Waals surface area contributed by atoms with Gasteiger partial charge in [0.1, 0.15) is 32.0 Å². The smallest absolute Gasteiger partial charge is 0.407 e. The average molecular weight is 1090 g/mol. The highest BCUT2D eigenvalue weighted by Gasteiger charge is 2.22. The Labute approximate surface area is 469 Å². The van der Waals surface area contributed by atoms with E-state index >= 15 is 0 Å². The lowest BCUT2D eigenvalue weighted by Gasteiger charge is -2.20. The van der Waals surface area contributed by atoms with Crippen LogP contribution in [0, 0.1) is 5.92 Å². The van der Waals surface area contributed by atoms with Gasteiger partial charge in [0.2, 0.25) is 0 Å². The van der Waals surface area contributed by atoms with Crippen molar-refractivity contribution in [2.75, 3.05) is 59.2 Å². The largest absolute Gasteiger partial charge is 0.465 e. The molecule has 0 aliphatic carbocycles. The second-order valence-corrected chi connectivity index (χ2v) is 21.3. The number of likely N-dealkylation sites (tertiary alicyclic amines) is 1. The molecule has 1 aliphatic rings. The summed E-state index contributed by atoms with van der Waals surface area (Å²) in [5, 5.41) is 2.88. The number of unbranched alkanes of at least 4 members (excludes halogenated alkanes) is 17. The van der Waals surface area contributed by atoms with Gasteiger partial charge >= 0.3 is 30.0 Å². The molecule has 1 heterocycles. The van der Waals surface area contributed by atoms with E-state index < -0.39 is 42.3 Å². The topological polar surface area (TPSA) is 165 Å². The first-order valence-corrected chi connectivity index (χ1v) is 31.5. The fourth-order valence-corrected chi connectivity index (χ4v) is 9.20. The third-order valence-corrected chi connectivity index (χ3v) is 14.0. The van der Waals surface area contributed by atoms with E-state index in [9.17, 15) is 24.0 Å². The van der Waals surface area contributed by atoms with E-state index in [4.69, 9.17) is 33.2 Å². The van der Waals surface area contributed by atoms with Crippen LogP contribution in [0.1, 0.15) is 266 Å². The Bertz CT molecular complexity index is 1450. The SMILES string of the molecule is CC/C=C\CCCCOC(CCC(=O)OCC(COC(=O)CCCCCC(=O)OC(CCCCCCC)CCCCCCC)COC(=O)CCC(CCCCCC)OC(=O)NCCN1CCCC1)OCCCC/C=C\CC. The molecule has 1 amide bonds. The number of nitrogens with one attached hydrogen (secondary N) is 1. The normalized spacial score (nSPS) is 13.7. The lowest BCUT2D eigenvalue weighted by Crippen LogP contribution is -2.35. The van der Waals surface area contributed by atoms with Gasteiger partial charge in [-0.1, -0.05) is 136 Å². The number of amides is 1. The van der Waals surface area contributed by atoms with Gasteiger partial charge < -0.3 is 43.4 Å². The summed E-state index contributed by atoms with van der Waals surface area (Å²) in [5.41, 5.74) is 0. The summed E-state index contributed by atoms with van der Waals surface area (Å²) < 4.78 is 41.1. The molecule has 448 valence electrons. The van der Waals surface area contributed by atoms with Gasteiger partial charge in [-0.3, -0.25) is 19.2 Å². The van der Waals surface area contributed by atoms with Crippen LogP contribution in [0.15, 0.2) is 24.3 Å². The van der Waals surface area contributed by atoms with Crippen LogP contribution in [0.25, 0.3) is 0 Å². The van der Waals surface area contributed by atoms with E-state index in [2.05, 4.69) is 69.1 Å². The molecule has 14 nitrogen and oxygen atoms in total. The highest BCUT2D eigenvalue weighted by molar-refractivity contribution is 5.71. The maximum Gasteiger partial charge on any atom is 0.407 e. The van der Waals surface area contributed by atoms with E-state index in [0.717, 1.165) is 122 Å². The zero-order valence-electron chi connectivity index (χ0n) is 49.8. The van der Waals surface area contributed by atoms with Crippen molar-refractivity contribution in [1.29, 1.82) is 0 Å². The van der Waals surface area contributed by atoms with Crippen molar-refractivity contribution < 1.29 is 57.1 Å². The number of allylic oxidation sites excluding steroid dienone is 4. The molecule has 14 heteroatoms. The Morgan fingerprint density at radius 1 is 0.455 bits per heavy atom. The van der Waals surface area contributed by atoms with Crippen molar-refractivity contribution in [3.05, 3.63) is 24.3 Å². The molecule has 2 atom stereocenters. The van der Waals surface area contributed by atoms with Gasteiger partial charge in [0.05, 0.1) is 12.3 Å². The third kappa shape index (κ3) is 46.0. The lowest BCUT2D eigenvalue weighted by molar-refractivity contribution is -0.162. The minimum atomic E-state index is -0.609. The molecule has 2 unspecified atom stereocenters. The van der Waals surface area contributed by atoms with Crippen LogP contribution in [-0.2, 0) is 52.3 Å². The van der Waals surface area contributed by atoms with Crippen LogP contribution < -0.4 is 5.32 Å². The highest BCUT2D eigenvalue weighted by atomic mass is 16.7. The van der Waals surface area contributed by atoms with Crippen LogP contribution >= 0.6 is 0 Å². The molecule has 0 aromatic carbocycles. The highest BCUT2D eigenvalue weighted by Crippen LogP contribution is 2.19. The maximum absolute atomic E-state index is 13.2. The summed E-state index contributed by atoms with van der Waals surface area (Å²) in [4.78, 5) is 67.5. The van der Waals surface area contributed by atoms with Crippen molar-refractivity contribution in [3.63, 3.8) is 0 Å². The van der Waals surface area contributed by atoms with Crippen molar-refractivity contribution in [2.45, 2.75) is 284 Å². The zero-order valence-corrected chi connectivity index (χ0v) is 49.8. The Morgan fingerprint density at radius 2 is 0.896 bits per heavy atom. The predicted octanol–water partition coefficient (Wildman–Crippen LogP) is 15.2. The predicted molar refractivity (Wildman–Crippen MR) is 310 cm³/mol. The maximum atomic E-state index is 13.2. The van der Waals surface area contributed by atoms with Gasteiger partial charge in [0, 0.05) is 52.0 Å². The van der Waals surface area contributed by atoms with Gasteiger partial charge in [-0.2, -0.15) is 0 Å². The molecule has 1 saturated heterocycles. The number of esters is 4.